The quantitative estimate of drug-likeness (QED) is 0.759. The van der Waals surface area contributed by atoms with E-state index < -0.39 is 18.6 Å². The zero-order valence-corrected chi connectivity index (χ0v) is 9.40. The summed E-state index contributed by atoms with van der Waals surface area (Å²) in [5.74, 6) is -0.736. The van der Waals surface area contributed by atoms with Crippen LogP contribution >= 0.6 is 0 Å². The highest BCUT2D eigenvalue weighted by atomic mass is 19.4. The van der Waals surface area contributed by atoms with Crippen LogP contribution in [-0.2, 0) is 0 Å². The molecule has 1 amide bonds. The van der Waals surface area contributed by atoms with Crippen molar-refractivity contribution in [1.82, 2.24) is 5.32 Å². The monoisotopic (exact) mass is 259 g/mol. The molecule has 2 rings (SSSR count). The summed E-state index contributed by atoms with van der Waals surface area (Å²) in [7, 11) is 0. The van der Waals surface area contributed by atoms with E-state index >= 15 is 0 Å². The van der Waals surface area contributed by atoms with E-state index in [1.54, 1.807) is 12.1 Å². The van der Waals surface area contributed by atoms with Crippen molar-refractivity contribution < 1.29 is 18.0 Å². The molecule has 4 nitrogen and oxygen atoms in total. The molecule has 0 aromatic heterocycles. The van der Waals surface area contributed by atoms with Gasteiger partial charge in [-0.2, -0.15) is 13.2 Å². The van der Waals surface area contributed by atoms with E-state index in [-0.39, 0.29) is 5.56 Å². The van der Waals surface area contributed by atoms with Gasteiger partial charge in [0.2, 0.25) is 0 Å². The first-order valence-corrected chi connectivity index (χ1v) is 5.43. The van der Waals surface area contributed by atoms with Gasteiger partial charge in [0, 0.05) is 13.1 Å². The molecule has 0 radical (unpaired) electrons. The van der Waals surface area contributed by atoms with Gasteiger partial charge in [0.1, 0.15) is 6.54 Å². The number of para-hydroxylation sites is 1. The van der Waals surface area contributed by atoms with Crippen molar-refractivity contribution in [3.05, 3.63) is 23.8 Å². The Morgan fingerprint density at radius 3 is 2.72 bits per heavy atom. The Morgan fingerprint density at radius 1 is 1.28 bits per heavy atom. The second-order valence-corrected chi connectivity index (χ2v) is 3.88. The van der Waals surface area contributed by atoms with E-state index in [1.165, 1.54) is 6.07 Å². The number of fused-ring (bicyclic) bond motifs is 1. The summed E-state index contributed by atoms with van der Waals surface area (Å²) in [4.78, 5) is 11.7. The smallest absolute Gasteiger partial charge is 0.382 e. The number of alkyl halides is 3. The fourth-order valence-corrected chi connectivity index (χ4v) is 1.74. The first-order chi connectivity index (χ1) is 8.47. The highest BCUT2D eigenvalue weighted by molar-refractivity contribution is 6.02. The molecule has 1 aliphatic rings. The number of halogens is 3. The van der Waals surface area contributed by atoms with Crippen LogP contribution in [0.1, 0.15) is 10.4 Å². The first kappa shape index (κ1) is 12.5. The summed E-state index contributed by atoms with van der Waals surface area (Å²) < 4.78 is 36.1. The largest absolute Gasteiger partial charge is 0.405 e. The van der Waals surface area contributed by atoms with Gasteiger partial charge < -0.3 is 16.0 Å². The third kappa shape index (κ3) is 2.85. The van der Waals surface area contributed by atoms with Crippen LogP contribution in [0.25, 0.3) is 0 Å². The lowest BCUT2D eigenvalue weighted by molar-refractivity contribution is -0.123. The van der Waals surface area contributed by atoms with E-state index in [4.69, 9.17) is 0 Å². The van der Waals surface area contributed by atoms with Crippen molar-refractivity contribution in [2.24, 2.45) is 0 Å². The Morgan fingerprint density at radius 2 is 2.00 bits per heavy atom. The molecule has 0 saturated heterocycles. The second-order valence-electron chi connectivity index (χ2n) is 3.88. The normalized spacial score (nSPS) is 14.2. The Kier molecular flexibility index (Phi) is 3.31. The fourth-order valence-electron chi connectivity index (χ4n) is 1.74. The average Bonchev–Trinajstić information content (AvgIpc) is 2.34. The maximum Gasteiger partial charge on any atom is 0.405 e. The van der Waals surface area contributed by atoms with Crippen LogP contribution < -0.4 is 16.0 Å². The van der Waals surface area contributed by atoms with E-state index in [9.17, 15) is 18.0 Å². The standard InChI is InChI=1S/C11H12F3N3O/c12-11(13,14)6-17-10(18)7-2-1-3-8-9(7)16-5-4-15-8/h1-3,15-16H,4-6H2,(H,17,18). The summed E-state index contributed by atoms with van der Waals surface area (Å²) in [6.45, 7) is 0.000116. The van der Waals surface area contributed by atoms with Crippen LogP contribution in [0.2, 0.25) is 0 Å². The summed E-state index contributed by atoms with van der Waals surface area (Å²) >= 11 is 0. The van der Waals surface area contributed by atoms with Crippen molar-refractivity contribution in [2.45, 2.75) is 6.18 Å². The molecule has 18 heavy (non-hydrogen) atoms. The van der Waals surface area contributed by atoms with Crippen LogP contribution in [0.15, 0.2) is 18.2 Å². The van der Waals surface area contributed by atoms with Gasteiger partial charge in [-0.15, -0.1) is 0 Å². The molecule has 0 spiro atoms. The molecule has 3 N–H and O–H groups in total. The molecule has 0 fully saturated rings. The van der Waals surface area contributed by atoms with Gasteiger partial charge in [0.25, 0.3) is 5.91 Å². The third-order valence-electron chi connectivity index (χ3n) is 2.50. The number of hydrogen-bond donors (Lipinski definition) is 3. The van der Waals surface area contributed by atoms with Crippen molar-refractivity contribution >= 4 is 17.3 Å². The lowest BCUT2D eigenvalue weighted by atomic mass is 10.1. The minimum absolute atomic E-state index is 0.212. The Balaban J connectivity index is 2.15. The molecule has 0 atom stereocenters. The number of carbonyl (C=O) groups is 1. The molecule has 0 aliphatic carbocycles. The van der Waals surface area contributed by atoms with Crippen LogP contribution in [0.3, 0.4) is 0 Å². The number of nitrogens with one attached hydrogen (secondary N) is 3. The third-order valence-corrected chi connectivity index (χ3v) is 2.50. The summed E-state index contributed by atoms with van der Waals surface area (Å²) in [6, 6.07) is 4.88. The van der Waals surface area contributed by atoms with Gasteiger partial charge in [-0.1, -0.05) is 6.07 Å². The summed E-state index contributed by atoms with van der Waals surface area (Å²) in [5.41, 5.74) is 1.48. The van der Waals surface area contributed by atoms with Gasteiger partial charge in [0.05, 0.1) is 16.9 Å². The number of anilines is 2. The predicted octanol–water partition coefficient (Wildman–Crippen LogP) is 1.82. The second kappa shape index (κ2) is 4.75. The van der Waals surface area contributed by atoms with Crippen LogP contribution in [-0.4, -0.2) is 31.7 Å². The number of rotatable bonds is 2. The Labute approximate surface area is 102 Å². The van der Waals surface area contributed by atoms with Gasteiger partial charge in [-0.25, -0.2) is 0 Å². The first-order valence-electron chi connectivity index (χ1n) is 5.43. The molecule has 1 aliphatic heterocycles. The highest BCUT2D eigenvalue weighted by Gasteiger charge is 2.28. The van der Waals surface area contributed by atoms with Crippen molar-refractivity contribution in [3.63, 3.8) is 0 Å². The molecule has 1 aromatic rings. The van der Waals surface area contributed by atoms with Crippen LogP contribution in [0, 0.1) is 0 Å². The van der Waals surface area contributed by atoms with E-state index in [2.05, 4.69) is 10.6 Å². The molecule has 98 valence electrons. The van der Waals surface area contributed by atoms with E-state index in [1.807, 2.05) is 5.32 Å². The zero-order valence-electron chi connectivity index (χ0n) is 9.40. The number of hydrogen-bond acceptors (Lipinski definition) is 3. The lowest BCUT2D eigenvalue weighted by Crippen LogP contribution is -2.34. The fraction of sp³-hybridized carbons (Fsp3) is 0.364. The van der Waals surface area contributed by atoms with Crippen LogP contribution in [0.4, 0.5) is 24.5 Å². The lowest BCUT2D eigenvalue weighted by Gasteiger charge is -2.22. The summed E-state index contributed by atoms with van der Waals surface area (Å²) in [6.07, 6.45) is -4.41. The number of benzene rings is 1. The van der Waals surface area contributed by atoms with Crippen molar-refractivity contribution in [3.8, 4) is 0 Å². The molecule has 7 heteroatoms. The van der Waals surface area contributed by atoms with Gasteiger partial charge in [-0.05, 0) is 12.1 Å². The van der Waals surface area contributed by atoms with Gasteiger partial charge in [0.15, 0.2) is 0 Å². The van der Waals surface area contributed by atoms with Gasteiger partial charge in [-0.3, -0.25) is 4.79 Å². The molecular formula is C11H12F3N3O. The van der Waals surface area contributed by atoms with Crippen LogP contribution in [0.5, 0.6) is 0 Å². The Hall–Kier alpha value is -1.92. The minimum atomic E-state index is -4.41. The molecule has 0 bridgehead atoms. The molecule has 0 saturated carbocycles. The molecule has 0 unspecified atom stereocenters. The Bertz CT molecular complexity index is 459. The SMILES string of the molecule is O=C(NCC(F)(F)F)c1cccc2c1NCCN2. The topological polar surface area (TPSA) is 53.2 Å². The predicted molar refractivity (Wildman–Crippen MR) is 61.8 cm³/mol. The zero-order chi connectivity index (χ0) is 13.2. The summed E-state index contributed by atoms with van der Waals surface area (Å²) in [5, 5.41) is 7.93. The maximum atomic E-state index is 12.0. The highest BCUT2D eigenvalue weighted by Crippen LogP contribution is 2.28. The minimum Gasteiger partial charge on any atom is -0.382 e. The average molecular weight is 259 g/mol. The van der Waals surface area contributed by atoms with Crippen molar-refractivity contribution in [1.29, 1.82) is 0 Å². The maximum absolute atomic E-state index is 12.0. The molecule has 1 heterocycles. The number of carbonyl (C=O) groups excluding carboxylic acids is 1. The number of amides is 1. The van der Waals surface area contributed by atoms with Gasteiger partial charge >= 0.3 is 6.18 Å². The molecular weight excluding hydrogens is 247 g/mol. The van der Waals surface area contributed by atoms with E-state index in [0.29, 0.717) is 18.8 Å². The molecule has 1 aromatic carbocycles. The van der Waals surface area contributed by atoms with E-state index in [0.717, 1.165) is 5.69 Å². The van der Waals surface area contributed by atoms with Crippen molar-refractivity contribution in [2.75, 3.05) is 30.3 Å².